The molecule has 0 aromatic carbocycles. The molecule has 0 aromatic rings. The van der Waals surface area contributed by atoms with Crippen molar-refractivity contribution in [3.63, 3.8) is 0 Å². The molecule has 11 heavy (non-hydrogen) atoms. The van der Waals surface area contributed by atoms with Crippen LogP contribution in [-0.4, -0.2) is 5.54 Å². The standard InChI is InChI=1S/C10H21N/c1-7-9(8(2)3)11-10(4,5)6/h7-8,11H,1-6H3/b9-7-. The van der Waals surface area contributed by atoms with Gasteiger partial charge < -0.3 is 5.32 Å². The van der Waals surface area contributed by atoms with Crippen LogP contribution < -0.4 is 5.32 Å². The first-order valence-electron chi connectivity index (χ1n) is 4.31. The van der Waals surface area contributed by atoms with Gasteiger partial charge in [-0.3, -0.25) is 0 Å². The first-order chi connectivity index (χ1) is 4.87. The predicted molar refractivity (Wildman–Crippen MR) is 51.5 cm³/mol. The lowest BCUT2D eigenvalue weighted by molar-refractivity contribution is 0.444. The van der Waals surface area contributed by atoms with Crippen molar-refractivity contribution in [2.75, 3.05) is 0 Å². The second kappa shape index (κ2) is 3.80. The second-order valence-corrected chi connectivity index (χ2v) is 4.27. The molecular weight excluding hydrogens is 134 g/mol. The zero-order chi connectivity index (χ0) is 9.07. The Morgan fingerprint density at radius 2 is 1.73 bits per heavy atom. The highest BCUT2D eigenvalue weighted by atomic mass is 15.0. The highest BCUT2D eigenvalue weighted by Gasteiger charge is 2.11. The van der Waals surface area contributed by atoms with E-state index in [1.54, 1.807) is 0 Å². The Bertz CT molecular complexity index is 137. The zero-order valence-electron chi connectivity index (χ0n) is 8.65. The minimum Gasteiger partial charge on any atom is -0.384 e. The molecule has 0 aliphatic carbocycles. The van der Waals surface area contributed by atoms with Gasteiger partial charge in [-0.15, -0.1) is 0 Å². The first kappa shape index (κ1) is 10.5. The molecule has 0 aliphatic heterocycles. The molecule has 0 aromatic heterocycles. The third-order valence-electron chi connectivity index (χ3n) is 1.45. The number of nitrogens with one attached hydrogen (secondary N) is 1. The maximum Gasteiger partial charge on any atom is 0.0286 e. The summed E-state index contributed by atoms with van der Waals surface area (Å²) in [5.41, 5.74) is 1.52. The molecule has 0 spiro atoms. The summed E-state index contributed by atoms with van der Waals surface area (Å²) in [5.74, 6) is 0.597. The fraction of sp³-hybridized carbons (Fsp3) is 0.800. The topological polar surface area (TPSA) is 12.0 Å². The Balaban J connectivity index is 4.12. The minimum atomic E-state index is 0.187. The summed E-state index contributed by atoms with van der Waals surface area (Å²) < 4.78 is 0. The quantitative estimate of drug-likeness (QED) is 0.646. The van der Waals surface area contributed by atoms with Crippen LogP contribution in [0.15, 0.2) is 11.8 Å². The van der Waals surface area contributed by atoms with Gasteiger partial charge in [-0.1, -0.05) is 19.9 Å². The molecule has 0 rings (SSSR count). The summed E-state index contributed by atoms with van der Waals surface area (Å²) in [7, 11) is 0. The molecule has 0 heterocycles. The van der Waals surface area contributed by atoms with Crippen molar-refractivity contribution in [2.24, 2.45) is 5.92 Å². The summed E-state index contributed by atoms with van der Waals surface area (Å²) in [5, 5.41) is 3.47. The van der Waals surface area contributed by atoms with Crippen LogP contribution in [0.25, 0.3) is 0 Å². The third kappa shape index (κ3) is 4.88. The van der Waals surface area contributed by atoms with Gasteiger partial charge in [0.15, 0.2) is 0 Å². The van der Waals surface area contributed by atoms with Crippen LogP contribution in [0.4, 0.5) is 0 Å². The molecule has 0 saturated carbocycles. The van der Waals surface area contributed by atoms with E-state index in [-0.39, 0.29) is 5.54 Å². The van der Waals surface area contributed by atoms with Crippen LogP contribution in [-0.2, 0) is 0 Å². The maximum absolute atomic E-state index is 3.47. The Kier molecular flexibility index (Phi) is 3.64. The number of hydrogen-bond acceptors (Lipinski definition) is 1. The van der Waals surface area contributed by atoms with Gasteiger partial charge in [0, 0.05) is 11.2 Å². The van der Waals surface area contributed by atoms with E-state index in [9.17, 15) is 0 Å². The molecule has 66 valence electrons. The van der Waals surface area contributed by atoms with Gasteiger partial charge in [-0.2, -0.15) is 0 Å². The van der Waals surface area contributed by atoms with Crippen LogP contribution in [0.1, 0.15) is 41.5 Å². The highest BCUT2D eigenvalue weighted by Crippen LogP contribution is 2.10. The van der Waals surface area contributed by atoms with E-state index in [1.807, 2.05) is 0 Å². The summed E-state index contributed by atoms with van der Waals surface area (Å²) in [6.07, 6.45) is 2.15. The number of rotatable bonds is 2. The number of hydrogen-bond donors (Lipinski definition) is 1. The molecule has 0 radical (unpaired) electrons. The van der Waals surface area contributed by atoms with Gasteiger partial charge in [0.1, 0.15) is 0 Å². The molecule has 0 atom stereocenters. The average molecular weight is 155 g/mol. The summed E-state index contributed by atoms with van der Waals surface area (Å²) in [6.45, 7) is 13.0. The van der Waals surface area contributed by atoms with Gasteiger partial charge in [0.05, 0.1) is 0 Å². The van der Waals surface area contributed by atoms with Crippen LogP contribution >= 0.6 is 0 Å². The summed E-state index contributed by atoms with van der Waals surface area (Å²) in [6, 6.07) is 0. The fourth-order valence-electron chi connectivity index (χ4n) is 0.983. The Hall–Kier alpha value is -0.460. The molecule has 0 amide bonds. The Labute approximate surface area is 70.9 Å². The third-order valence-corrected chi connectivity index (χ3v) is 1.45. The summed E-state index contributed by atoms with van der Waals surface area (Å²) >= 11 is 0. The van der Waals surface area contributed by atoms with E-state index >= 15 is 0 Å². The molecule has 0 bridgehead atoms. The SMILES string of the molecule is C/C=C(\NC(C)(C)C)C(C)C. The van der Waals surface area contributed by atoms with Crippen molar-refractivity contribution in [3.8, 4) is 0 Å². The Morgan fingerprint density at radius 1 is 1.27 bits per heavy atom. The molecule has 0 fully saturated rings. The van der Waals surface area contributed by atoms with Crippen LogP contribution in [0, 0.1) is 5.92 Å². The summed E-state index contributed by atoms with van der Waals surface area (Å²) in [4.78, 5) is 0. The van der Waals surface area contributed by atoms with Crippen molar-refractivity contribution >= 4 is 0 Å². The van der Waals surface area contributed by atoms with E-state index in [2.05, 4.69) is 52.9 Å². The van der Waals surface area contributed by atoms with Crippen molar-refractivity contribution in [1.82, 2.24) is 5.32 Å². The van der Waals surface area contributed by atoms with Crippen molar-refractivity contribution < 1.29 is 0 Å². The number of allylic oxidation sites excluding steroid dienone is 2. The van der Waals surface area contributed by atoms with Crippen LogP contribution in [0.3, 0.4) is 0 Å². The predicted octanol–water partition coefficient (Wildman–Crippen LogP) is 2.93. The lowest BCUT2D eigenvalue weighted by Crippen LogP contribution is -2.36. The van der Waals surface area contributed by atoms with Crippen molar-refractivity contribution in [3.05, 3.63) is 11.8 Å². The van der Waals surface area contributed by atoms with Gasteiger partial charge in [-0.25, -0.2) is 0 Å². The van der Waals surface area contributed by atoms with Gasteiger partial charge in [0.25, 0.3) is 0 Å². The molecule has 0 aliphatic rings. The van der Waals surface area contributed by atoms with E-state index in [0.717, 1.165) is 0 Å². The van der Waals surface area contributed by atoms with E-state index < -0.39 is 0 Å². The van der Waals surface area contributed by atoms with Crippen molar-refractivity contribution in [2.45, 2.75) is 47.1 Å². The second-order valence-electron chi connectivity index (χ2n) is 4.27. The van der Waals surface area contributed by atoms with Gasteiger partial charge in [0.2, 0.25) is 0 Å². The molecule has 0 saturated heterocycles. The van der Waals surface area contributed by atoms with E-state index in [1.165, 1.54) is 5.70 Å². The Morgan fingerprint density at radius 3 is 1.82 bits per heavy atom. The largest absolute Gasteiger partial charge is 0.384 e. The molecular formula is C10H21N. The lowest BCUT2D eigenvalue weighted by Gasteiger charge is -2.26. The van der Waals surface area contributed by atoms with Crippen LogP contribution in [0.5, 0.6) is 0 Å². The maximum atomic E-state index is 3.47. The smallest absolute Gasteiger partial charge is 0.0286 e. The molecule has 1 N–H and O–H groups in total. The van der Waals surface area contributed by atoms with Crippen molar-refractivity contribution in [1.29, 1.82) is 0 Å². The van der Waals surface area contributed by atoms with Crippen LogP contribution in [0.2, 0.25) is 0 Å². The normalized spacial score (nSPS) is 13.9. The fourth-order valence-corrected chi connectivity index (χ4v) is 0.983. The van der Waals surface area contributed by atoms with E-state index in [4.69, 9.17) is 0 Å². The minimum absolute atomic E-state index is 0.187. The first-order valence-corrected chi connectivity index (χ1v) is 4.31. The zero-order valence-corrected chi connectivity index (χ0v) is 8.65. The van der Waals surface area contributed by atoms with Gasteiger partial charge in [-0.05, 0) is 33.6 Å². The molecule has 1 nitrogen and oxygen atoms in total. The van der Waals surface area contributed by atoms with E-state index in [0.29, 0.717) is 5.92 Å². The van der Waals surface area contributed by atoms with Gasteiger partial charge >= 0.3 is 0 Å². The lowest BCUT2D eigenvalue weighted by atomic mass is 10.0. The molecule has 0 unspecified atom stereocenters. The molecule has 1 heteroatoms. The highest BCUT2D eigenvalue weighted by molar-refractivity contribution is 5.03. The average Bonchev–Trinajstić information content (AvgIpc) is 1.80. The monoisotopic (exact) mass is 155 g/mol.